The van der Waals surface area contributed by atoms with E-state index in [-0.39, 0.29) is 30.7 Å². The van der Waals surface area contributed by atoms with E-state index in [9.17, 15) is 14.4 Å². The fourth-order valence-electron chi connectivity index (χ4n) is 3.91. The van der Waals surface area contributed by atoms with Crippen LogP contribution in [0.1, 0.15) is 39.1 Å². The Morgan fingerprint density at radius 1 is 0.935 bits per heavy atom. The summed E-state index contributed by atoms with van der Waals surface area (Å²) < 4.78 is 0. The van der Waals surface area contributed by atoms with Gasteiger partial charge in [0.25, 0.3) is 11.8 Å². The molecule has 158 valence electrons. The molecule has 3 aromatic carbocycles. The van der Waals surface area contributed by atoms with Gasteiger partial charge < -0.3 is 10.2 Å². The number of nitrogens with zero attached hydrogens (tertiary/aromatic N) is 2. The molecule has 31 heavy (non-hydrogen) atoms. The second-order valence-electron chi connectivity index (χ2n) is 7.92. The molecule has 0 saturated carbocycles. The molecule has 4 rings (SSSR count). The summed E-state index contributed by atoms with van der Waals surface area (Å²) in [6.45, 7) is 0.656. The van der Waals surface area contributed by atoms with Crippen molar-refractivity contribution in [3.05, 3.63) is 77.4 Å². The van der Waals surface area contributed by atoms with Crippen LogP contribution in [-0.2, 0) is 11.3 Å². The third-order valence-electron chi connectivity index (χ3n) is 5.56. The van der Waals surface area contributed by atoms with Gasteiger partial charge in [-0.1, -0.05) is 36.4 Å². The number of benzene rings is 3. The van der Waals surface area contributed by atoms with E-state index in [1.165, 1.54) is 4.90 Å². The Hall–Kier alpha value is -3.67. The van der Waals surface area contributed by atoms with Gasteiger partial charge in [-0.15, -0.1) is 0 Å². The molecule has 6 heteroatoms. The Bertz CT molecular complexity index is 1120. The molecule has 0 unspecified atom stereocenters. The van der Waals surface area contributed by atoms with Gasteiger partial charge in [0.05, 0.1) is 0 Å². The summed E-state index contributed by atoms with van der Waals surface area (Å²) in [7, 11) is 3.94. The minimum Gasteiger partial charge on any atom is -0.378 e. The normalized spacial score (nSPS) is 12.9. The van der Waals surface area contributed by atoms with Crippen LogP contribution in [0.5, 0.6) is 0 Å². The lowest BCUT2D eigenvalue weighted by atomic mass is 9.94. The molecule has 1 aliphatic rings. The van der Waals surface area contributed by atoms with Gasteiger partial charge in [0.15, 0.2) is 0 Å². The molecule has 0 aromatic heterocycles. The second-order valence-corrected chi connectivity index (χ2v) is 7.92. The maximum absolute atomic E-state index is 12.9. The van der Waals surface area contributed by atoms with Crippen LogP contribution in [-0.4, -0.2) is 43.3 Å². The lowest BCUT2D eigenvalue weighted by Crippen LogP contribution is -2.41. The first kappa shape index (κ1) is 20.6. The van der Waals surface area contributed by atoms with Gasteiger partial charge in [0, 0.05) is 55.8 Å². The average molecular weight is 415 g/mol. The van der Waals surface area contributed by atoms with Crippen molar-refractivity contribution in [1.29, 1.82) is 0 Å². The molecule has 0 fully saturated rings. The van der Waals surface area contributed by atoms with Crippen molar-refractivity contribution in [3.8, 4) is 0 Å². The van der Waals surface area contributed by atoms with Crippen molar-refractivity contribution in [1.82, 2.24) is 10.2 Å². The molecule has 0 bridgehead atoms. The Kier molecular flexibility index (Phi) is 5.71. The van der Waals surface area contributed by atoms with Crippen LogP contribution < -0.4 is 10.2 Å². The summed E-state index contributed by atoms with van der Waals surface area (Å²) in [6.07, 6.45) is 0.662. The van der Waals surface area contributed by atoms with E-state index in [0.717, 1.165) is 16.6 Å². The molecule has 0 atom stereocenters. The number of hydrogen-bond acceptors (Lipinski definition) is 4. The van der Waals surface area contributed by atoms with Crippen molar-refractivity contribution in [2.24, 2.45) is 0 Å². The van der Waals surface area contributed by atoms with Crippen LogP contribution >= 0.6 is 0 Å². The zero-order valence-corrected chi connectivity index (χ0v) is 17.7. The van der Waals surface area contributed by atoms with Gasteiger partial charge in [-0.05, 0) is 41.6 Å². The molecular weight excluding hydrogens is 390 g/mol. The number of anilines is 1. The number of rotatable bonds is 7. The molecule has 3 aromatic rings. The maximum Gasteiger partial charge on any atom is 0.261 e. The molecular formula is C25H25N3O3. The molecule has 6 nitrogen and oxygen atoms in total. The molecule has 3 amide bonds. The first-order chi connectivity index (χ1) is 15.0. The van der Waals surface area contributed by atoms with Gasteiger partial charge in [-0.3, -0.25) is 19.3 Å². The van der Waals surface area contributed by atoms with E-state index in [1.54, 1.807) is 12.1 Å². The highest BCUT2D eigenvalue weighted by atomic mass is 16.2. The van der Waals surface area contributed by atoms with E-state index >= 15 is 0 Å². The van der Waals surface area contributed by atoms with Crippen LogP contribution in [0.25, 0.3) is 10.8 Å². The van der Waals surface area contributed by atoms with E-state index in [2.05, 4.69) is 5.32 Å². The minimum absolute atomic E-state index is 0.102. The highest BCUT2D eigenvalue weighted by Crippen LogP contribution is 2.30. The lowest BCUT2D eigenvalue weighted by molar-refractivity contribution is -0.121. The molecule has 1 N–H and O–H groups in total. The third kappa shape index (κ3) is 4.14. The standard InChI is InChI=1S/C25H25N3O3/c1-27(2)19-10-3-7-17(15-19)16-26-22(29)13-6-14-28-24(30)20-11-4-8-18-9-5-12-21(23(18)20)25(28)31/h3-5,7-12,15H,6,13-14,16H2,1-2H3,(H,26,29). The molecule has 0 aliphatic carbocycles. The van der Waals surface area contributed by atoms with Crippen molar-refractivity contribution < 1.29 is 14.4 Å². The van der Waals surface area contributed by atoms with E-state index in [1.807, 2.05) is 67.5 Å². The monoisotopic (exact) mass is 415 g/mol. The zero-order chi connectivity index (χ0) is 22.0. The van der Waals surface area contributed by atoms with Crippen LogP contribution in [0.4, 0.5) is 5.69 Å². The van der Waals surface area contributed by atoms with Crippen molar-refractivity contribution in [2.75, 3.05) is 25.5 Å². The van der Waals surface area contributed by atoms with Gasteiger partial charge in [0.2, 0.25) is 5.91 Å². The third-order valence-corrected chi connectivity index (χ3v) is 5.56. The maximum atomic E-state index is 12.9. The second kappa shape index (κ2) is 8.60. The Balaban J connectivity index is 1.35. The summed E-state index contributed by atoms with van der Waals surface area (Å²) in [6, 6.07) is 18.9. The first-order valence-corrected chi connectivity index (χ1v) is 10.4. The summed E-state index contributed by atoms with van der Waals surface area (Å²) in [5.41, 5.74) is 3.17. The average Bonchev–Trinajstić information content (AvgIpc) is 2.78. The van der Waals surface area contributed by atoms with Crippen molar-refractivity contribution in [2.45, 2.75) is 19.4 Å². The molecule has 1 aliphatic heterocycles. The predicted octanol–water partition coefficient (Wildman–Crippen LogP) is 3.60. The van der Waals surface area contributed by atoms with Crippen LogP contribution in [0, 0.1) is 0 Å². The van der Waals surface area contributed by atoms with Gasteiger partial charge in [-0.2, -0.15) is 0 Å². The smallest absolute Gasteiger partial charge is 0.261 e. The number of nitrogens with one attached hydrogen (secondary N) is 1. The number of hydrogen-bond donors (Lipinski definition) is 1. The summed E-state index contributed by atoms with van der Waals surface area (Å²) in [5, 5.41) is 4.51. The Labute approximate surface area is 181 Å². The Morgan fingerprint density at radius 3 is 2.23 bits per heavy atom. The van der Waals surface area contributed by atoms with E-state index in [4.69, 9.17) is 0 Å². The fourth-order valence-corrected chi connectivity index (χ4v) is 3.91. The SMILES string of the molecule is CN(C)c1cccc(CNC(=O)CCCN2C(=O)c3cccc4cccc(c34)C2=O)c1. The highest BCUT2D eigenvalue weighted by molar-refractivity contribution is 6.25. The first-order valence-electron chi connectivity index (χ1n) is 10.4. The summed E-state index contributed by atoms with van der Waals surface area (Å²) >= 11 is 0. The Morgan fingerprint density at radius 2 is 1.58 bits per heavy atom. The number of carbonyl (C=O) groups excluding carboxylic acids is 3. The van der Waals surface area contributed by atoms with Gasteiger partial charge >= 0.3 is 0 Å². The molecule has 1 heterocycles. The fraction of sp³-hybridized carbons (Fsp3) is 0.240. The van der Waals surface area contributed by atoms with Crippen molar-refractivity contribution >= 4 is 34.2 Å². The van der Waals surface area contributed by atoms with Crippen LogP contribution in [0.15, 0.2) is 60.7 Å². The summed E-state index contributed by atoms with van der Waals surface area (Å²) in [4.78, 5) is 41.3. The van der Waals surface area contributed by atoms with Crippen LogP contribution in [0.3, 0.4) is 0 Å². The lowest BCUT2D eigenvalue weighted by Gasteiger charge is -2.27. The topological polar surface area (TPSA) is 69.7 Å². The molecule has 0 saturated heterocycles. The highest BCUT2D eigenvalue weighted by Gasteiger charge is 2.32. The number of imide groups is 1. The number of amides is 3. The number of carbonyl (C=O) groups is 3. The van der Waals surface area contributed by atoms with Crippen LogP contribution in [0.2, 0.25) is 0 Å². The molecule has 0 radical (unpaired) electrons. The summed E-state index contributed by atoms with van der Waals surface area (Å²) in [5.74, 6) is -0.694. The zero-order valence-electron chi connectivity index (χ0n) is 17.7. The van der Waals surface area contributed by atoms with Gasteiger partial charge in [0.1, 0.15) is 0 Å². The molecule has 0 spiro atoms. The van der Waals surface area contributed by atoms with Gasteiger partial charge in [-0.25, -0.2) is 0 Å². The largest absolute Gasteiger partial charge is 0.378 e. The van der Waals surface area contributed by atoms with E-state index < -0.39 is 0 Å². The predicted molar refractivity (Wildman–Crippen MR) is 121 cm³/mol. The quantitative estimate of drug-likeness (QED) is 0.599. The van der Waals surface area contributed by atoms with E-state index in [0.29, 0.717) is 29.5 Å². The minimum atomic E-state index is -0.296. The van der Waals surface area contributed by atoms with Crippen molar-refractivity contribution in [3.63, 3.8) is 0 Å².